The number of carbonyl (C=O) groups is 1. The minimum absolute atomic E-state index is 0.225. The first kappa shape index (κ1) is 14.3. The van der Waals surface area contributed by atoms with E-state index in [0.29, 0.717) is 10.6 Å². The van der Waals surface area contributed by atoms with Crippen LogP contribution >= 0.6 is 11.8 Å². The van der Waals surface area contributed by atoms with E-state index in [2.05, 4.69) is 4.98 Å². The summed E-state index contributed by atoms with van der Waals surface area (Å²) >= 11 is 1.49. The van der Waals surface area contributed by atoms with Crippen LogP contribution in [0.3, 0.4) is 0 Å². The quantitative estimate of drug-likeness (QED) is 0.859. The fourth-order valence-electron chi connectivity index (χ4n) is 2.28. The third-order valence-corrected chi connectivity index (χ3v) is 4.31. The predicted molar refractivity (Wildman–Crippen MR) is 75.0 cm³/mol. The van der Waals surface area contributed by atoms with Crippen LogP contribution in [0.25, 0.3) is 0 Å². The number of aromatic nitrogens is 1. The van der Waals surface area contributed by atoms with E-state index in [1.807, 2.05) is 19.9 Å². The first-order valence-corrected chi connectivity index (χ1v) is 7.52. The van der Waals surface area contributed by atoms with Crippen molar-refractivity contribution in [2.75, 3.05) is 12.4 Å². The molecule has 0 amide bonds. The highest BCUT2D eigenvalue weighted by Crippen LogP contribution is 2.27. The Balaban J connectivity index is 2.12. The van der Waals surface area contributed by atoms with E-state index < -0.39 is 5.97 Å². The fraction of sp³-hybridized carbons (Fsp3) is 0.571. The molecule has 4 nitrogen and oxygen atoms in total. The minimum Gasteiger partial charge on any atom is -0.478 e. The van der Waals surface area contributed by atoms with Crippen LogP contribution in [0.1, 0.15) is 40.9 Å². The molecule has 0 aliphatic carbocycles. The highest BCUT2D eigenvalue weighted by atomic mass is 32.2. The fourth-order valence-corrected chi connectivity index (χ4v) is 3.49. The number of hydrogen-bond acceptors (Lipinski definition) is 4. The molecular weight excluding hydrogens is 262 g/mol. The van der Waals surface area contributed by atoms with Crippen molar-refractivity contribution in [2.45, 2.75) is 44.2 Å². The summed E-state index contributed by atoms with van der Waals surface area (Å²) in [6.45, 7) is 4.52. The summed E-state index contributed by atoms with van der Waals surface area (Å²) in [4.78, 5) is 15.7. The van der Waals surface area contributed by atoms with E-state index in [0.717, 1.165) is 36.5 Å². The number of hydrogen-bond donors (Lipinski definition) is 1. The number of carboxylic acid groups (broad SMARTS) is 1. The van der Waals surface area contributed by atoms with Crippen molar-refractivity contribution >= 4 is 17.7 Å². The van der Waals surface area contributed by atoms with Crippen LogP contribution in [-0.4, -0.2) is 34.5 Å². The lowest BCUT2D eigenvalue weighted by Gasteiger charge is -2.22. The number of aromatic carboxylic acids is 1. The molecule has 19 heavy (non-hydrogen) atoms. The largest absolute Gasteiger partial charge is 0.478 e. The Labute approximate surface area is 117 Å². The van der Waals surface area contributed by atoms with E-state index in [-0.39, 0.29) is 6.10 Å². The highest BCUT2D eigenvalue weighted by molar-refractivity contribution is 7.99. The van der Waals surface area contributed by atoms with Gasteiger partial charge in [0.1, 0.15) is 5.03 Å². The zero-order valence-corrected chi connectivity index (χ0v) is 12.1. The molecule has 1 saturated heterocycles. The summed E-state index contributed by atoms with van der Waals surface area (Å²) in [5, 5.41) is 9.90. The molecule has 0 spiro atoms. The Bertz CT molecular complexity index is 470. The average molecular weight is 281 g/mol. The maximum atomic E-state index is 11.3. The van der Waals surface area contributed by atoms with Gasteiger partial charge in [-0.15, -0.1) is 11.8 Å². The van der Waals surface area contributed by atoms with Crippen LogP contribution in [0.2, 0.25) is 0 Å². The van der Waals surface area contributed by atoms with Gasteiger partial charge in [-0.2, -0.15) is 0 Å². The van der Waals surface area contributed by atoms with Crippen LogP contribution in [0, 0.1) is 13.8 Å². The lowest BCUT2D eigenvalue weighted by molar-refractivity contribution is 0.0315. The molecule has 1 aliphatic heterocycles. The topological polar surface area (TPSA) is 59.4 Å². The minimum atomic E-state index is -0.905. The standard InChI is InChI=1S/C14H19NO3S/c1-9-7-10(2)15-13(12(9)14(16)17)19-8-11-5-3-4-6-18-11/h7,11H,3-6,8H2,1-2H3,(H,16,17). The summed E-state index contributed by atoms with van der Waals surface area (Å²) in [6, 6.07) is 1.81. The summed E-state index contributed by atoms with van der Waals surface area (Å²) in [7, 11) is 0. The number of rotatable bonds is 4. The van der Waals surface area contributed by atoms with E-state index >= 15 is 0 Å². The number of pyridine rings is 1. The molecule has 1 aromatic heterocycles. The third-order valence-electron chi connectivity index (χ3n) is 3.21. The van der Waals surface area contributed by atoms with E-state index in [1.54, 1.807) is 0 Å². The molecule has 104 valence electrons. The first-order chi connectivity index (χ1) is 9.08. The van der Waals surface area contributed by atoms with Crippen molar-refractivity contribution in [1.29, 1.82) is 0 Å². The van der Waals surface area contributed by atoms with Crippen molar-refractivity contribution < 1.29 is 14.6 Å². The van der Waals surface area contributed by atoms with Crippen molar-refractivity contribution in [3.8, 4) is 0 Å². The maximum absolute atomic E-state index is 11.3. The molecule has 1 unspecified atom stereocenters. The van der Waals surface area contributed by atoms with Crippen molar-refractivity contribution in [3.05, 3.63) is 22.9 Å². The number of ether oxygens (including phenoxy) is 1. The summed E-state index contributed by atoms with van der Waals surface area (Å²) in [5.74, 6) is -0.132. The van der Waals surface area contributed by atoms with Crippen LogP contribution < -0.4 is 0 Å². The molecule has 2 heterocycles. The van der Waals surface area contributed by atoms with Crippen LogP contribution in [0.4, 0.5) is 0 Å². The van der Waals surface area contributed by atoms with E-state index in [4.69, 9.17) is 4.74 Å². The molecule has 0 bridgehead atoms. The van der Waals surface area contributed by atoms with Crippen LogP contribution in [0.5, 0.6) is 0 Å². The average Bonchev–Trinajstić information content (AvgIpc) is 2.36. The predicted octanol–water partition coefficient (Wildman–Crippen LogP) is 3.06. The Morgan fingerprint density at radius 3 is 2.95 bits per heavy atom. The zero-order valence-electron chi connectivity index (χ0n) is 11.3. The molecule has 1 atom stereocenters. The summed E-state index contributed by atoms with van der Waals surface area (Å²) < 4.78 is 5.66. The van der Waals surface area contributed by atoms with Gasteiger partial charge in [-0.05, 0) is 44.7 Å². The van der Waals surface area contributed by atoms with Gasteiger partial charge in [0.05, 0.1) is 11.7 Å². The number of aryl methyl sites for hydroxylation is 2. The van der Waals surface area contributed by atoms with Gasteiger partial charge >= 0.3 is 5.97 Å². The van der Waals surface area contributed by atoms with Gasteiger partial charge in [0, 0.05) is 18.1 Å². The highest BCUT2D eigenvalue weighted by Gasteiger charge is 2.19. The van der Waals surface area contributed by atoms with Gasteiger partial charge < -0.3 is 9.84 Å². The van der Waals surface area contributed by atoms with Gasteiger partial charge in [-0.25, -0.2) is 9.78 Å². The lowest BCUT2D eigenvalue weighted by Crippen LogP contribution is -2.21. The van der Waals surface area contributed by atoms with Gasteiger partial charge in [0.15, 0.2) is 0 Å². The molecule has 5 heteroatoms. The number of nitrogens with zero attached hydrogens (tertiary/aromatic N) is 1. The summed E-state index contributed by atoms with van der Waals surface area (Å²) in [6.07, 6.45) is 3.60. The van der Waals surface area contributed by atoms with Gasteiger partial charge in [0.2, 0.25) is 0 Å². The van der Waals surface area contributed by atoms with E-state index in [9.17, 15) is 9.90 Å². The molecule has 1 N–H and O–H groups in total. The van der Waals surface area contributed by atoms with Crippen LogP contribution in [0.15, 0.2) is 11.1 Å². The number of thioether (sulfide) groups is 1. The maximum Gasteiger partial charge on any atom is 0.338 e. The monoisotopic (exact) mass is 281 g/mol. The second-order valence-electron chi connectivity index (χ2n) is 4.87. The number of carboxylic acids is 1. The molecule has 1 aromatic rings. The van der Waals surface area contributed by atoms with Gasteiger partial charge in [0.25, 0.3) is 0 Å². The van der Waals surface area contributed by atoms with Crippen molar-refractivity contribution in [3.63, 3.8) is 0 Å². The Kier molecular flexibility index (Phi) is 4.82. The van der Waals surface area contributed by atoms with Crippen molar-refractivity contribution in [2.24, 2.45) is 0 Å². The molecule has 1 aliphatic rings. The zero-order chi connectivity index (χ0) is 13.8. The normalized spacial score (nSPS) is 19.4. The Morgan fingerprint density at radius 1 is 1.53 bits per heavy atom. The van der Waals surface area contributed by atoms with Gasteiger partial charge in [-0.3, -0.25) is 0 Å². The van der Waals surface area contributed by atoms with Crippen molar-refractivity contribution in [1.82, 2.24) is 4.98 Å². The molecular formula is C14H19NO3S. The smallest absolute Gasteiger partial charge is 0.338 e. The molecule has 2 rings (SSSR count). The second-order valence-corrected chi connectivity index (χ2v) is 5.87. The lowest BCUT2D eigenvalue weighted by atomic mass is 10.1. The molecule has 0 saturated carbocycles. The molecule has 0 aromatic carbocycles. The second kappa shape index (κ2) is 6.39. The summed E-state index contributed by atoms with van der Waals surface area (Å²) in [5.41, 5.74) is 1.95. The van der Waals surface area contributed by atoms with Gasteiger partial charge in [-0.1, -0.05) is 0 Å². The Hall–Kier alpha value is -1.07. The van der Waals surface area contributed by atoms with E-state index in [1.165, 1.54) is 18.2 Å². The Morgan fingerprint density at radius 2 is 2.32 bits per heavy atom. The third kappa shape index (κ3) is 3.70. The first-order valence-electron chi connectivity index (χ1n) is 6.54. The molecule has 0 radical (unpaired) electrons. The molecule has 1 fully saturated rings. The van der Waals surface area contributed by atoms with Crippen LogP contribution in [-0.2, 0) is 4.74 Å². The SMILES string of the molecule is Cc1cc(C)c(C(=O)O)c(SCC2CCCCO2)n1.